The van der Waals surface area contributed by atoms with E-state index in [2.05, 4.69) is 109 Å². The van der Waals surface area contributed by atoms with Crippen LogP contribution in [0.1, 0.15) is 55.6 Å². The molecule has 2 atom stereocenters. The van der Waals surface area contributed by atoms with Crippen LogP contribution in [0.5, 0.6) is 0 Å². The summed E-state index contributed by atoms with van der Waals surface area (Å²) in [5, 5.41) is 0. The van der Waals surface area contributed by atoms with Crippen LogP contribution in [-0.2, 0) is 10.8 Å². The zero-order valence-electron chi connectivity index (χ0n) is 41.7. The van der Waals surface area contributed by atoms with Gasteiger partial charge in [0, 0.05) is 28.2 Å². The molecule has 11 aromatic rings. The summed E-state index contributed by atoms with van der Waals surface area (Å²) in [6.07, 6.45) is 3.53. The van der Waals surface area contributed by atoms with Gasteiger partial charge < -0.3 is 4.90 Å². The Morgan fingerprint density at radius 2 is 0.675 bits per heavy atom. The van der Waals surface area contributed by atoms with Crippen LogP contribution in [0.25, 0.3) is 56.7 Å². The fourth-order valence-corrected chi connectivity index (χ4v) is 12.4. The molecule has 2 aliphatic rings. The second-order valence-electron chi connectivity index (χ2n) is 19.7. The van der Waals surface area contributed by atoms with Crippen LogP contribution in [-0.4, -0.2) is 0 Å². The molecular formula is C72H47F4N. The van der Waals surface area contributed by atoms with Crippen LogP contribution in [0.2, 0.25) is 0 Å². The quantitative estimate of drug-likeness (QED) is 0.117. The van der Waals surface area contributed by atoms with Gasteiger partial charge in [-0.25, -0.2) is 17.6 Å². The first kappa shape index (κ1) is 47.2. The summed E-state index contributed by atoms with van der Waals surface area (Å²) in [5.74, 6) is -3.76. The van der Waals surface area contributed by atoms with Crippen molar-refractivity contribution < 1.29 is 17.6 Å². The maximum absolute atomic E-state index is 17.1. The Balaban J connectivity index is 1.10. The third-order valence-electron chi connectivity index (χ3n) is 15.9. The summed E-state index contributed by atoms with van der Waals surface area (Å²) >= 11 is 0. The van der Waals surface area contributed by atoms with Gasteiger partial charge in [0.1, 0.15) is 0 Å². The van der Waals surface area contributed by atoms with Crippen molar-refractivity contribution in [1.29, 1.82) is 0 Å². The van der Waals surface area contributed by atoms with Crippen LogP contribution in [0.15, 0.2) is 262 Å². The lowest BCUT2D eigenvalue weighted by Crippen LogP contribution is -2.31. The van der Waals surface area contributed by atoms with Gasteiger partial charge in [0.15, 0.2) is 23.3 Å². The van der Waals surface area contributed by atoms with E-state index in [1.54, 1.807) is 36.4 Å². The van der Waals surface area contributed by atoms with Crippen LogP contribution in [0.4, 0.5) is 34.6 Å². The first-order valence-corrected chi connectivity index (χ1v) is 25.6. The molecule has 0 amide bonds. The molecule has 0 aliphatic heterocycles. The van der Waals surface area contributed by atoms with Crippen molar-refractivity contribution >= 4 is 29.2 Å². The fraction of sp³-hybridized carbons (Fsp3) is 0.0278. The Labute approximate surface area is 445 Å². The highest BCUT2D eigenvalue weighted by atomic mass is 19.2. The highest BCUT2D eigenvalue weighted by Gasteiger charge is 2.50. The first-order chi connectivity index (χ1) is 37.7. The average molecular weight is 1000 g/mol. The topological polar surface area (TPSA) is 3.24 Å². The number of nitrogens with zero attached hydrogens (tertiary/aromatic N) is 1. The summed E-state index contributed by atoms with van der Waals surface area (Å²) in [7, 11) is 0. The van der Waals surface area contributed by atoms with Crippen molar-refractivity contribution in [3.05, 3.63) is 341 Å². The van der Waals surface area contributed by atoms with E-state index in [4.69, 9.17) is 0 Å². The molecule has 0 radical (unpaired) electrons. The smallest absolute Gasteiger partial charge is 0.163 e. The molecule has 0 spiro atoms. The van der Waals surface area contributed by atoms with E-state index < -0.39 is 34.1 Å². The zero-order chi connectivity index (χ0) is 52.4. The predicted octanol–water partition coefficient (Wildman–Crippen LogP) is 19.1. The predicted molar refractivity (Wildman–Crippen MR) is 307 cm³/mol. The summed E-state index contributed by atoms with van der Waals surface area (Å²) in [5.41, 5.74) is 14.1. The van der Waals surface area contributed by atoms with Crippen LogP contribution in [0.3, 0.4) is 0 Å². The van der Waals surface area contributed by atoms with Crippen molar-refractivity contribution in [2.24, 2.45) is 0 Å². The van der Waals surface area contributed by atoms with Crippen molar-refractivity contribution in [2.45, 2.75) is 10.8 Å². The Hall–Kier alpha value is -9.58. The molecule has 11 aromatic carbocycles. The molecule has 0 saturated heterocycles. The lowest BCUT2D eigenvalue weighted by Gasteiger charge is -2.36. The number of hydrogen-bond donors (Lipinski definition) is 0. The molecule has 1 nitrogen and oxygen atoms in total. The Kier molecular flexibility index (Phi) is 11.4. The molecule has 0 aromatic heterocycles. The Morgan fingerprint density at radius 1 is 0.299 bits per heavy atom. The number of anilines is 3. The molecule has 0 bridgehead atoms. The third kappa shape index (κ3) is 7.29. The van der Waals surface area contributed by atoms with E-state index in [1.165, 1.54) is 0 Å². The van der Waals surface area contributed by atoms with Gasteiger partial charge in [0.25, 0.3) is 0 Å². The van der Waals surface area contributed by atoms with E-state index in [1.807, 2.05) is 121 Å². The average Bonchev–Trinajstić information content (AvgIpc) is 4.19. The van der Waals surface area contributed by atoms with Crippen molar-refractivity contribution in [3.63, 3.8) is 0 Å². The fourth-order valence-electron chi connectivity index (χ4n) is 12.4. The van der Waals surface area contributed by atoms with Gasteiger partial charge in [-0.05, 0) is 144 Å². The zero-order valence-corrected chi connectivity index (χ0v) is 41.7. The number of halogens is 4. The molecule has 0 heterocycles. The molecule has 368 valence electrons. The molecule has 5 heteroatoms. The first-order valence-electron chi connectivity index (χ1n) is 25.6. The number of hydrogen-bond acceptors (Lipinski definition) is 1. The van der Waals surface area contributed by atoms with Gasteiger partial charge >= 0.3 is 0 Å². The van der Waals surface area contributed by atoms with Crippen LogP contribution < -0.4 is 4.90 Å². The van der Waals surface area contributed by atoms with Gasteiger partial charge in [0.05, 0.1) is 10.8 Å². The lowest BCUT2D eigenvalue weighted by molar-refractivity contribution is 0.488. The minimum absolute atomic E-state index is 0.179. The summed E-state index contributed by atoms with van der Waals surface area (Å²) < 4.78 is 65.9. The van der Waals surface area contributed by atoms with Crippen molar-refractivity contribution in [2.75, 3.05) is 4.90 Å². The van der Waals surface area contributed by atoms with Gasteiger partial charge in [-0.3, -0.25) is 0 Å². The van der Waals surface area contributed by atoms with Gasteiger partial charge in [-0.1, -0.05) is 219 Å². The molecule has 77 heavy (non-hydrogen) atoms. The summed E-state index contributed by atoms with van der Waals surface area (Å²) in [4.78, 5) is 2.18. The van der Waals surface area contributed by atoms with Gasteiger partial charge in [-0.2, -0.15) is 0 Å². The lowest BCUT2D eigenvalue weighted by atomic mass is 9.67. The van der Waals surface area contributed by atoms with Gasteiger partial charge in [-0.15, -0.1) is 0 Å². The van der Waals surface area contributed by atoms with E-state index in [-0.39, 0.29) is 11.1 Å². The molecule has 0 N–H and O–H groups in total. The van der Waals surface area contributed by atoms with Crippen LogP contribution in [0, 0.1) is 23.3 Å². The van der Waals surface area contributed by atoms with Gasteiger partial charge in [0.2, 0.25) is 0 Å². The maximum Gasteiger partial charge on any atom is 0.163 e. The second-order valence-corrected chi connectivity index (χ2v) is 19.7. The normalized spacial score (nSPS) is 15.7. The maximum atomic E-state index is 17.1. The standard InChI is InChI=1S/C72H47F4N/c1-3-46-30-34-52(35-31-46)71(63-26-14-28-67(73)69(63)75)61-24-10-8-22-57(61)59-40-38-55(44-65(59)71)77(54-21-13-20-51(43-54)50-19-12-18-49(42-50)48-16-6-5-7-17-48)56-39-41-60-58-23-9-11-25-62(58)72(66(60)45-56,53-36-32-47(4-2)33-37-53)64-27-15-29-68(74)70(64)76/h3-45H,1-2H2. The second kappa shape index (κ2) is 18.7. The van der Waals surface area contributed by atoms with Crippen LogP contribution >= 0.6 is 0 Å². The Morgan fingerprint density at radius 3 is 1.17 bits per heavy atom. The van der Waals surface area contributed by atoms with E-state index in [0.29, 0.717) is 0 Å². The monoisotopic (exact) mass is 1000 g/mol. The summed E-state index contributed by atoms with van der Waals surface area (Å²) in [6.45, 7) is 8.00. The number of benzene rings is 11. The molecule has 0 saturated carbocycles. The third-order valence-corrected chi connectivity index (χ3v) is 15.9. The number of fused-ring (bicyclic) bond motifs is 6. The summed E-state index contributed by atoms with van der Waals surface area (Å²) in [6, 6.07) is 80.2. The highest BCUT2D eigenvalue weighted by molar-refractivity contribution is 5.93. The van der Waals surface area contributed by atoms with Crippen molar-refractivity contribution in [1.82, 2.24) is 0 Å². The van der Waals surface area contributed by atoms with E-state index >= 15 is 17.6 Å². The molecule has 13 rings (SSSR count). The highest BCUT2D eigenvalue weighted by Crippen LogP contribution is 2.60. The molecule has 0 fully saturated rings. The largest absolute Gasteiger partial charge is 0.310 e. The minimum Gasteiger partial charge on any atom is -0.310 e. The van der Waals surface area contributed by atoms with E-state index in [0.717, 1.165) is 118 Å². The molecular weight excluding hydrogens is 955 g/mol. The Bertz CT molecular complexity index is 3940. The minimum atomic E-state index is -1.32. The number of rotatable bonds is 11. The molecule has 2 unspecified atom stereocenters. The van der Waals surface area contributed by atoms with Crippen molar-refractivity contribution in [3.8, 4) is 44.5 Å². The SMILES string of the molecule is C=Cc1ccc(C2(c3cccc(F)c3F)c3ccccc3-c3ccc(N(c4cccc(-c5cccc(-c6ccccc6)c5)c4)c4ccc5c(c4)C(c4ccc(C=C)cc4)(c4cccc(F)c4F)c4ccccc4-5)cc32)cc1. The molecule has 2 aliphatic carbocycles. The van der Waals surface area contributed by atoms with E-state index in [9.17, 15) is 0 Å².